The Kier molecular flexibility index (Phi) is 4.35. The van der Waals surface area contributed by atoms with Crippen LogP contribution in [0.15, 0.2) is 40.2 Å². The molecular weight excluding hydrogens is 326 g/mol. The number of nitrogens with zero attached hydrogens (tertiary/aromatic N) is 1. The van der Waals surface area contributed by atoms with Crippen molar-refractivity contribution in [2.75, 3.05) is 7.11 Å². The average molecular weight is 336 g/mol. The van der Waals surface area contributed by atoms with Crippen LogP contribution >= 0.6 is 27.3 Å². The summed E-state index contributed by atoms with van der Waals surface area (Å²) in [7, 11) is 1.51. The number of ketones is 1. The number of methoxy groups -OCH3 is 1. The Morgan fingerprint density at radius 3 is 2.84 bits per heavy atom. The fraction of sp³-hybridized carbons (Fsp3) is 0.143. The molecule has 1 unspecified atom stereocenters. The van der Waals surface area contributed by atoms with Gasteiger partial charge in [0.1, 0.15) is 11.7 Å². The van der Waals surface area contributed by atoms with Crippen molar-refractivity contribution < 1.29 is 9.53 Å². The molecule has 0 aliphatic heterocycles. The summed E-state index contributed by atoms with van der Waals surface area (Å²) in [5.74, 6) is -0.555. The number of carbonyl (C=O) groups is 1. The molecule has 0 bridgehead atoms. The second-order valence-electron chi connectivity index (χ2n) is 3.79. The zero-order valence-electron chi connectivity index (χ0n) is 10.1. The number of Topliss-reactive ketones (excluding diaryl/α,β-unsaturated/α-hetero) is 1. The maximum absolute atomic E-state index is 12.5. The molecule has 0 N–H and O–H groups in total. The Hall–Kier alpha value is -1.64. The lowest BCUT2D eigenvalue weighted by Crippen LogP contribution is -2.11. The van der Waals surface area contributed by atoms with Gasteiger partial charge in [0.15, 0.2) is 5.78 Å². The van der Waals surface area contributed by atoms with Crippen LogP contribution in [0.25, 0.3) is 0 Å². The normalized spacial score (nSPS) is 11.6. The quantitative estimate of drug-likeness (QED) is 0.793. The summed E-state index contributed by atoms with van der Waals surface area (Å²) in [6.07, 6.45) is 0. The van der Waals surface area contributed by atoms with Crippen LogP contribution in [0.4, 0.5) is 0 Å². The van der Waals surface area contributed by atoms with Crippen molar-refractivity contribution in [1.82, 2.24) is 0 Å². The first-order valence-corrected chi connectivity index (χ1v) is 7.15. The second-order valence-corrected chi connectivity index (χ2v) is 5.68. The van der Waals surface area contributed by atoms with Crippen LogP contribution in [0.2, 0.25) is 0 Å². The van der Waals surface area contributed by atoms with E-state index in [-0.39, 0.29) is 5.78 Å². The van der Waals surface area contributed by atoms with Crippen molar-refractivity contribution >= 4 is 33.0 Å². The highest BCUT2D eigenvalue weighted by molar-refractivity contribution is 9.10. The first kappa shape index (κ1) is 13.8. The molecule has 0 spiro atoms. The number of thiophene rings is 1. The van der Waals surface area contributed by atoms with E-state index in [1.54, 1.807) is 24.3 Å². The van der Waals surface area contributed by atoms with E-state index in [4.69, 9.17) is 4.74 Å². The van der Waals surface area contributed by atoms with Crippen LogP contribution in [0.5, 0.6) is 5.75 Å². The van der Waals surface area contributed by atoms with Gasteiger partial charge in [0.05, 0.1) is 18.7 Å². The van der Waals surface area contributed by atoms with Crippen molar-refractivity contribution in [3.63, 3.8) is 0 Å². The molecule has 0 saturated carbocycles. The van der Waals surface area contributed by atoms with E-state index in [9.17, 15) is 10.1 Å². The van der Waals surface area contributed by atoms with Crippen molar-refractivity contribution in [3.05, 3.63) is 50.6 Å². The molecule has 0 radical (unpaired) electrons. The lowest BCUT2D eigenvalue weighted by molar-refractivity contribution is 0.0977. The third kappa shape index (κ3) is 2.86. The van der Waals surface area contributed by atoms with Crippen LogP contribution in [0.1, 0.15) is 21.2 Å². The monoisotopic (exact) mass is 335 g/mol. The van der Waals surface area contributed by atoms with E-state index in [0.717, 1.165) is 9.35 Å². The maximum atomic E-state index is 12.5. The molecule has 0 saturated heterocycles. The second kappa shape index (κ2) is 6.00. The summed E-state index contributed by atoms with van der Waals surface area (Å²) in [6, 6.07) is 10.8. The van der Waals surface area contributed by atoms with Gasteiger partial charge in [-0.05, 0) is 29.6 Å². The SMILES string of the molecule is COc1cc(Br)ccc1C(=O)C(C#N)c1cccs1. The lowest BCUT2D eigenvalue weighted by atomic mass is 9.97. The molecule has 1 aromatic heterocycles. The fourth-order valence-electron chi connectivity index (χ4n) is 1.73. The predicted molar refractivity (Wildman–Crippen MR) is 77.7 cm³/mol. The predicted octanol–water partition coefficient (Wildman–Crippen LogP) is 4.01. The first-order valence-electron chi connectivity index (χ1n) is 5.48. The van der Waals surface area contributed by atoms with Gasteiger partial charge in [-0.2, -0.15) is 5.26 Å². The number of carbonyl (C=O) groups excluding carboxylic acids is 1. The van der Waals surface area contributed by atoms with Gasteiger partial charge in [-0.25, -0.2) is 0 Å². The van der Waals surface area contributed by atoms with Crippen LogP contribution in [0, 0.1) is 11.3 Å². The molecule has 2 rings (SSSR count). The number of benzene rings is 1. The van der Waals surface area contributed by atoms with E-state index in [0.29, 0.717) is 11.3 Å². The van der Waals surface area contributed by atoms with Crippen LogP contribution in [-0.2, 0) is 0 Å². The molecule has 0 fully saturated rings. The minimum atomic E-state index is -0.782. The Morgan fingerprint density at radius 2 is 2.26 bits per heavy atom. The fourth-order valence-corrected chi connectivity index (χ4v) is 2.84. The largest absolute Gasteiger partial charge is 0.496 e. The third-order valence-electron chi connectivity index (χ3n) is 2.65. The molecule has 1 aromatic carbocycles. The molecule has 1 atom stereocenters. The highest BCUT2D eigenvalue weighted by Crippen LogP contribution is 2.30. The third-order valence-corrected chi connectivity index (χ3v) is 4.08. The number of nitriles is 1. The zero-order valence-corrected chi connectivity index (χ0v) is 12.5. The van der Waals surface area contributed by atoms with Gasteiger partial charge in [-0.1, -0.05) is 22.0 Å². The number of hydrogen-bond acceptors (Lipinski definition) is 4. The Labute approximate surface area is 123 Å². The minimum Gasteiger partial charge on any atom is -0.496 e. The molecular formula is C14H10BrNO2S. The number of ether oxygens (including phenoxy) is 1. The van der Waals surface area contributed by atoms with Gasteiger partial charge in [-0.3, -0.25) is 4.79 Å². The summed E-state index contributed by atoms with van der Waals surface area (Å²) >= 11 is 4.73. The average Bonchev–Trinajstić information content (AvgIpc) is 2.93. The molecule has 3 nitrogen and oxygen atoms in total. The molecule has 0 amide bonds. The topological polar surface area (TPSA) is 50.1 Å². The van der Waals surface area contributed by atoms with E-state index in [1.165, 1.54) is 18.4 Å². The van der Waals surface area contributed by atoms with Gasteiger partial charge in [0, 0.05) is 9.35 Å². The lowest BCUT2D eigenvalue weighted by Gasteiger charge is -2.10. The molecule has 0 aliphatic rings. The maximum Gasteiger partial charge on any atom is 0.189 e. The van der Waals surface area contributed by atoms with Crippen LogP contribution in [0.3, 0.4) is 0 Å². The van der Waals surface area contributed by atoms with Crippen molar-refractivity contribution in [3.8, 4) is 11.8 Å². The molecule has 1 heterocycles. The van der Waals surface area contributed by atoms with Gasteiger partial charge < -0.3 is 4.74 Å². The minimum absolute atomic E-state index is 0.241. The summed E-state index contributed by atoms with van der Waals surface area (Å²) in [4.78, 5) is 13.2. The smallest absolute Gasteiger partial charge is 0.189 e. The molecule has 96 valence electrons. The summed E-state index contributed by atoms with van der Waals surface area (Å²) in [6.45, 7) is 0. The van der Waals surface area contributed by atoms with Crippen LogP contribution < -0.4 is 4.74 Å². The van der Waals surface area contributed by atoms with Gasteiger partial charge in [0.25, 0.3) is 0 Å². The Morgan fingerprint density at radius 1 is 1.47 bits per heavy atom. The zero-order chi connectivity index (χ0) is 13.8. The van der Waals surface area contributed by atoms with Crippen molar-refractivity contribution in [2.45, 2.75) is 5.92 Å². The molecule has 2 aromatic rings. The van der Waals surface area contributed by atoms with E-state index < -0.39 is 5.92 Å². The molecule has 5 heteroatoms. The highest BCUT2D eigenvalue weighted by Gasteiger charge is 2.25. The van der Waals surface area contributed by atoms with Gasteiger partial charge >= 0.3 is 0 Å². The number of halogens is 1. The van der Waals surface area contributed by atoms with Crippen LogP contribution in [-0.4, -0.2) is 12.9 Å². The summed E-state index contributed by atoms with van der Waals surface area (Å²) in [5, 5.41) is 11.1. The molecule has 0 aliphatic carbocycles. The number of rotatable bonds is 4. The summed E-state index contributed by atoms with van der Waals surface area (Å²) in [5.41, 5.74) is 0.422. The van der Waals surface area contributed by atoms with Gasteiger partial charge in [0.2, 0.25) is 0 Å². The van der Waals surface area contributed by atoms with E-state index in [1.807, 2.05) is 11.4 Å². The molecule has 19 heavy (non-hydrogen) atoms. The summed E-state index contributed by atoms with van der Waals surface area (Å²) < 4.78 is 6.03. The number of hydrogen-bond donors (Lipinski definition) is 0. The van der Waals surface area contributed by atoms with E-state index in [2.05, 4.69) is 22.0 Å². The van der Waals surface area contributed by atoms with Crippen molar-refractivity contribution in [1.29, 1.82) is 5.26 Å². The Bertz CT molecular complexity index is 631. The standard InChI is InChI=1S/C14H10BrNO2S/c1-18-12-7-9(15)4-5-10(12)14(17)11(8-16)13-3-2-6-19-13/h2-7,11H,1H3. The van der Waals surface area contributed by atoms with Crippen molar-refractivity contribution in [2.24, 2.45) is 0 Å². The Balaban J connectivity index is 2.41. The highest BCUT2D eigenvalue weighted by atomic mass is 79.9. The van der Waals surface area contributed by atoms with E-state index >= 15 is 0 Å². The first-order chi connectivity index (χ1) is 9.17. The van der Waals surface area contributed by atoms with Gasteiger partial charge in [-0.15, -0.1) is 11.3 Å².